The van der Waals surface area contributed by atoms with Crippen molar-refractivity contribution in [1.82, 2.24) is 0 Å². The molecule has 2 aromatic carbocycles. The van der Waals surface area contributed by atoms with Gasteiger partial charge in [-0.2, -0.15) is 0 Å². The molecule has 112 valence electrons. The number of rotatable bonds is 3. The van der Waals surface area contributed by atoms with E-state index in [4.69, 9.17) is 0 Å². The Morgan fingerprint density at radius 2 is 1.48 bits per heavy atom. The first kappa shape index (κ1) is 16.0. The van der Waals surface area contributed by atoms with E-state index >= 15 is 0 Å². The summed E-state index contributed by atoms with van der Waals surface area (Å²) in [5.41, 5.74) is 4.07. The summed E-state index contributed by atoms with van der Waals surface area (Å²) in [6, 6.07) is 9.19. The minimum atomic E-state index is -3.62. The van der Waals surface area contributed by atoms with E-state index in [-0.39, 0.29) is 0 Å². The zero-order chi connectivity index (χ0) is 15.8. The molecule has 0 radical (unpaired) electrons. The molecule has 0 amide bonds. The van der Waals surface area contributed by atoms with Gasteiger partial charge in [0.2, 0.25) is 0 Å². The van der Waals surface area contributed by atoms with Crippen LogP contribution in [-0.4, -0.2) is 8.42 Å². The van der Waals surface area contributed by atoms with Gasteiger partial charge in [0.15, 0.2) is 0 Å². The third-order valence-electron chi connectivity index (χ3n) is 3.68. The van der Waals surface area contributed by atoms with Gasteiger partial charge >= 0.3 is 0 Å². The van der Waals surface area contributed by atoms with E-state index in [1.807, 2.05) is 39.8 Å². The molecule has 0 aromatic heterocycles. The lowest BCUT2D eigenvalue weighted by Gasteiger charge is -2.17. The molecule has 2 rings (SSSR count). The van der Waals surface area contributed by atoms with Crippen molar-refractivity contribution in [2.24, 2.45) is 0 Å². The van der Waals surface area contributed by atoms with E-state index < -0.39 is 10.0 Å². The Morgan fingerprint density at radius 3 is 2.00 bits per heavy atom. The van der Waals surface area contributed by atoms with Crippen LogP contribution >= 0.6 is 15.9 Å². The molecule has 0 aliphatic rings. The van der Waals surface area contributed by atoms with Crippen LogP contribution in [0.25, 0.3) is 0 Å². The lowest BCUT2D eigenvalue weighted by molar-refractivity contribution is 0.599. The fourth-order valence-corrected chi connectivity index (χ4v) is 4.54. The Kier molecular flexibility index (Phi) is 4.44. The van der Waals surface area contributed by atoms with E-state index in [9.17, 15) is 8.42 Å². The third kappa shape index (κ3) is 3.14. The molecule has 0 aliphatic heterocycles. The number of aryl methyl sites for hydroxylation is 2. The maximum absolute atomic E-state index is 12.8. The highest BCUT2D eigenvalue weighted by Crippen LogP contribution is 2.30. The standard InChI is InChI=1S/C16H18BrNO2S/c1-10-9-11(2)13(4)16(12(10)3)21(19,20)18-15-8-6-5-7-14(15)17/h5-9,18H,1-4H3. The summed E-state index contributed by atoms with van der Waals surface area (Å²) in [5.74, 6) is 0. The number of benzene rings is 2. The monoisotopic (exact) mass is 367 g/mol. The molecule has 0 heterocycles. The largest absolute Gasteiger partial charge is 0.278 e. The molecule has 0 unspecified atom stereocenters. The first-order valence-electron chi connectivity index (χ1n) is 6.59. The number of nitrogens with one attached hydrogen (secondary N) is 1. The van der Waals surface area contributed by atoms with Gasteiger partial charge < -0.3 is 0 Å². The van der Waals surface area contributed by atoms with E-state index in [0.29, 0.717) is 15.1 Å². The van der Waals surface area contributed by atoms with Crippen molar-refractivity contribution in [3.05, 3.63) is 57.1 Å². The number of hydrogen-bond donors (Lipinski definition) is 1. The number of sulfonamides is 1. The summed E-state index contributed by atoms with van der Waals surface area (Å²) in [4.78, 5) is 0.371. The van der Waals surface area contributed by atoms with Crippen LogP contribution in [0.3, 0.4) is 0 Å². The second kappa shape index (κ2) is 5.81. The van der Waals surface area contributed by atoms with Crippen molar-refractivity contribution >= 4 is 31.6 Å². The van der Waals surface area contributed by atoms with Gasteiger partial charge in [-0.15, -0.1) is 0 Å². The molecule has 0 atom stereocenters. The molecule has 5 heteroatoms. The first-order chi connectivity index (χ1) is 9.74. The Bertz CT molecular complexity index is 772. The summed E-state index contributed by atoms with van der Waals surface area (Å²) in [6.45, 7) is 7.55. The van der Waals surface area contributed by atoms with Crippen LogP contribution in [0.15, 0.2) is 39.7 Å². The van der Waals surface area contributed by atoms with Gasteiger partial charge in [0.05, 0.1) is 10.6 Å². The molecule has 21 heavy (non-hydrogen) atoms. The normalized spacial score (nSPS) is 11.5. The van der Waals surface area contributed by atoms with Gasteiger partial charge in [-0.3, -0.25) is 4.72 Å². The number of para-hydroxylation sites is 1. The quantitative estimate of drug-likeness (QED) is 0.868. The topological polar surface area (TPSA) is 46.2 Å². The second-order valence-corrected chi connectivity index (χ2v) is 7.65. The smallest absolute Gasteiger partial charge is 0.262 e. The highest BCUT2D eigenvalue weighted by atomic mass is 79.9. The molecular formula is C16H18BrNO2S. The minimum Gasteiger partial charge on any atom is -0.278 e. The average molecular weight is 368 g/mol. The van der Waals surface area contributed by atoms with E-state index in [2.05, 4.69) is 20.7 Å². The fraction of sp³-hybridized carbons (Fsp3) is 0.250. The molecule has 2 aromatic rings. The molecule has 0 saturated carbocycles. The lowest BCUT2D eigenvalue weighted by Crippen LogP contribution is -2.17. The molecule has 0 bridgehead atoms. The van der Waals surface area contributed by atoms with Gasteiger partial charge in [0.1, 0.15) is 0 Å². The van der Waals surface area contributed by atoms with E-state index in [1.54, 1.807) is 18.2 Å². The van der Waals surface area contributed by atoms with Crippen molar-refractivity contribution in [2.45, 2.75) is 32.6 Å². The van der Waals surface area contributed by atoms with Crippen LogP contribution in [0.4, 0.5) is 5.69 Å². The number of hydrogen-bond acceptors (Lipinski definition) is 2. The Balaban J connectivity index is 2.58. The molecule has 0 fully saturated rings. The van der Waals surface area contributed by atoms with Gasteiger partial charge in [0.25, 0.3) is 10.0 Å². The predicted octanol–water partition coefficient (Wildman–Crippen LogP) is 4.48. The number of anilines is 1. The van der Waals surface area contributed by atoms with Gasteiger partial charge in [-0.05, 0) is 78.0 Å². The molecular weight excluding hydrogens is 350 g/mol. The first-order valence-corrected chi connectivity index (χ1v) is 8.86. The van der Waals surface area contributed by atoms with Crippen LogP contribution in [0.2, 0.25) is 0 Å². The fourth-order valence-electron chi connectivity index (χ4n) is 2.32. The minimum absolute atomic E-state index is 0.371. The van der Waals surface area contributed by atoms with Crippen LogP contribution in [0, 0.1) is 27.7 Å². The highest BCUT2D eigenvalue weighted by Gasteiger charge is 2.22. The van der Waals surface area contributed by atoms with Crippen LogP contribution < -0.4 is 4.72 Å². The maximum Gasteiger partial charge on any atom is 0.262 e. The Labute approximate surface area is 134 Å². The molecule has 1 N–H and O–H groups in total. The summed E-state index contributed by atoms with van der Waals surface area (Å²) in [5, 5.41) is 0. The second-order valence-electron chi connectivity index (χ2n) is 5.17. The van der Waals surface area contributed by atoms with Crippen LogP contribution in [0.1, 0.15) is 22.3 Å². The van der Waals surface area contributed by atoms with Crippen LogP contribution in [0.5, 0.6) is 0 Å². The zero-order valence-corrected chi connectivity index (χ0v) is 14.9. The Hall–Kier alpha value is -1.33. The third-order valence-corrected chi connectivity index (χ3v) is 6.01. The van der Waals surface area contributed by atoms with Crippen molar-refractivity contribution in [3.63, 3.8) is 0 Å². The van der Waals surface area contributed by atoms with Gasteiger partial charge in [-0.1, -0.05) is 18.2 Å². The predicted molar refractivity (Wildman–Crippen MR) is 90.3 cm³/mol. The summed E-state index contributed by atoms with van der Waals surface area (Å²) in [6.07, 6.45) is 0. The van der Waals surface area contributed by atoms with E-state index in [1.165, 1.54) is 0 Å². The summed E-state index contributed by atoms with van der Waals surface area (Å²) >= 11 is 3.36. The average Bonchev–Trinajstić information content (AvgIpc) is 2.39. The number of halogens is 1. The Morgan fingerprint density at radius 1 is 0.952 bits per heavy atom. The van der Waals surface area contributed by atoms with E-state index in [0.717, 1.165) is 22.3 Å². The summed E-state index contributed by atoms with van der Waals surface area (Å²) in [7, 11) is -3.62. The van der Waals surface area contributed by atoms with Gasteiger partial charge in [0, 0.05) is 4.47 Å². The molecule has 0 spiro atoms. The molecule has 0 saturated heterocycles. The molecule has 0 aliphatic carbocycles. The summed E-state index contributed by atoms with van der Waals surface area (Å²) < 4.78 is 28.9. The molecule has 3 nitrogen and oxygen atoms in total. The van der Waals surface area contributed by atoms with Crippen molar-refractivity contribution in [1.29, 1.82) is 0 Å². The SMILES string of the molecule is Cc1cc(C)c(C)c(S(=O)(=O)Nc2ccccc2Br)c1C. The highest BCUT2D eigenvalue weighted by molar-refractivity contribution is 9.10. The van der Waals surface area contributed by atoms with Crippen LogP contribution in [-0.2, 0) is 10.0 Å². The maximum atomic E-state index is 12.8. The van der Waals surface area contributed by atoms with Crippen molar-refractivity contribution in [2.75, 3.05) is 4.72 Å². The zero-order valence-electron chi connectivity index (χ0n) is 12.5. The van der Waals surface area contributed by atoms with Crippen molar-refractivity contribution in [3.8, 4) is 0 Å². The lowest BCUT2D eigenvalue weighted by atomic mass is 10.0. The van der Waals surface area contributed by atoms with Gasteiger partial charge in [-0.25, -0.2) is 8.42 Å². The van der Waals surface area contributed by atoms with Crippen molar-refractivity contribution < 1.29 is 8.42 Å².